The predicted octanol–water partition coefficient (Wildman–Crippen LogP) is 5.89. The molecule has 5 nitrogen and oxygen atoms in total. The molecule has 4 unspecified atom stereocenters. The number of thioether (sulfide) groups is 1. The summed E-state index contributed by atoms with van der Waals surface area (Å²) in [5.74, 6) is 0.379. The topological polar surface area (TPSA) is 50.5 Å². The molecule has 10 heteroatoms. The Hall–Kier alpha value is -2.62. The summed E-state index contributed by atoms with van der Waals surface area (Å²) in [6.07, 6.45) is 0.288. The number of alkyl halides is 3. The van der Waals surface area contributed by atoms with Crippen LogP contribution < -0.4 is 0 Å². The Morgan fingerprint density at radius 3 is 2.51 bits per heavy atom. The maximum Gasteiger partial charge on any atom is 0.413 e. The van der Waals surface area contributed by atoms with Gasteiger partial charge in [-0.15, -0.1) is 5.10 Å². The van der Waals surface area contributed by atoms with Crippen molar-refractivity contribution in [2.24, 2.45) is 11.8 Å². The Balaban J connectivity index is 1.34. The van der Waals surface area contributed by atoms with Gasteiger partial charge in [-0.05, 0) is 54.2 Å². The molecular weight excluding hydrogens is 504 g/mol. The van der Waals surface area contributed by atoms with E-state index >= 15 is 0 Å². The number of carbonyl (C=O) groups is 1. The van der Waals surface area contributed by atoms with Crippen LogP contribution >= 0.6 is 11.8 Å². The first-order valence-corrected chi connectivity index (χ1v) is 13.8. The summed E-state index contributed by atoms with van der Waals surface area (Å²) in [5.41, 5.74) is 3.09. The highest BCUT2D eigenvalue weighted by molar-refractivity contribution is 7.99. The van der Waals surface area contributed by atoms with E-state index in [-0.39, 0.29) is 28.7 Å². The minimum absolute atomic E-state index is 0.0506. The third-order valence-corrected chi connectivity index (χ3v) is 9.83. The number of amides is 1. The molecule has 3 aromatic rings. The quantitative estimate of drug-likeness (QED) is 0.394. The van der Waals surface area contributed by atoms with Crippen molar-refractivity contribution in [3.63, 3.8) is 0 Å². The molecule has 1 saturated carbocycles. The summed E-state index contributed by atoms with van der Waals surface area (Å²) < 4.78 is 58.3. The normalized spacial score (nSPS) is 26.4. The number of carbonyl (C=O) groups excluding carboxylic acids is 1. The van der Waals surface area contributed by atoms with Crippen LogP contribution in [0, 0.1) is 17.8 Å². The van der Waals surface area contributed by atoms with Gasteiger partial charge in [0.25, 0.3) is 0 Å². The van der Waals surface area contributed by atoms with Crippen LogP contribution in [0.15, 0.2) is 36.5 Å². The molecule has 2 aliphatic carbocycles. The molecule has 1 amide bonds. The summed E-state index contributed by atoms with van der Waals surface area (Å²) in [6.45, 7) is 2.15. The van der Waals surface area contributed by atoms with E-state index in [9.17, 15) is 22.4 Å². The van der Waals surface area contributed by atoms with Gasteiger partial charge in [-0.3, -0.25) is 4.79 Å². The van der Waals surface area contributed by atoms with Gasteiger partial charge in [0.15, 0.2) is 11.7 Å². The number of fused-ring (bicyclic) bond motifs is 5. The minimum atomic E-state index is -4.60. The third kappa shape index (κ3) is 3.85. The summed E-state index contributed by atoms with van der Waals surface area (Å²) in [6, 6.07) is 5.80. The molecule has 3 heterocycles. The lowest BCUT2D eigenvalue weighted by Crippen LogP contribution is -2.43. The standard InChI is InChI=1S/C27H28F4N4OS/c1-26-10-7-19(26)22(18-14-32-21-13-20(28)33-35(21)24(18)26)15-3-5-16(6-4-15)23(27(29,30)31)34(2)25(36)17-8-11-37-12-9-17/h3-6,13-14,17,19,22-23H,7-12H2,1-2H3. The Labute approximate surface area is 216 Å². The van der Waals surface area contributed by atoms with E-state index in [0.717, 1.165) is 46.1 Å². The van der Waals surface area contributed by atoms with Crippen LogP contribution in [0.5, 0.6) is 0 Å². The Morgan fingerprint density at radius 1 is 1.19 bits per heavy atom. The molecule has 1 aromatic carbocycles. The van der Waals surface area contributed by atoms with Crippen molar-refractivity contribution in [2.75, 3.05) is 18.6 Å². The molecular formula is C27H28F4N4OS. The van der Waals surface area contributed by atoms with E-state index in [2.05, 4.69) is 17.0 Å². The lowest BCUT2D eigenvalue weighted by atomic mass is 9.59. The molecule has 2 fully saturated rings. The zero-order valence-electron chi connectivity index (χ0n) is 20.6. The summed E-state index contributed by atoms with van der Waals surface area (Å²) in [4.78, 5) is 18.3. The molecule has 1 saturated heterocycles. The minimum Gasteiger partial charge on any atom is -0.330 e. The van der Waals surface area contributed by atoms with Crippen LogP contribution in [0.4, 0.5) is 17.6 Å². The van der Waals surface area contributed by atoms with Crippen LogP contribution in [-0.2, 0) is 10.2 Å². The number of hydrogen-bond donors (Lipinski definition) is 0. The molecule has 37 heavy (non-hydrogen) atoms. The van der Waals surface area contributed by atoms with Gasteiger partial charge in [-0.2, -0.15) is 29.3 Å². The number of hydrogen-bond acceptors (Lipinski definition) is 4. The van der Waals surface area contributed by atoms with Crippen molar-refractivity contribution in [3.8, 4) is 0 Å². The van der Waals surface area contributed by atoms with Crippen molar-refractivity contribution in [3.05, 3.63) is 64.9 Å². The number of nitrogens with zero attached hydrogens (tertiary/aromatic N) is 4. The smallest absolute Gasteiger partial charge is 0.330 e. The third-order valence-electron chi connectivity index (χ3n) is 8.78. The Bertz CT molecular complexity index is 1350. The van der Waals surface area contributed by atoms with E-state index < -0.39 is 24.1 Å². The second-order valence-corrected chi connectivity index (χ2v) is 12.0. The molecule has 2 aromatic heterocycles. The molecule has 0 bridgehead atoms. The van der Waals surface area contributed by atoms with Crippen LogP contribution in [-0.4, -0.2) is 50.1 Å². The first kappa shape index (κ1) is 24.7. The number of rotatable bonds is 4. The van der Waals surface area contributed by atoms with Crippen molar-refractivity contribution < 1.29 is 22.4 Å². The van der Waals surface area contributed by atoms with E-state index in [1.807, 2.05) is 0 Å². The maximum absolute atomic E-state index is 14.3. The average molecular weight is 533 g/mol. The molecule has 196 valence electrons. The number of benzene rings is 1. The molecule has 4 atom stereocenters. The Morgan fingerprint density at radius 2 is 1.89 bits per heavy atom. The first-order valence-electron chi connectivity index (χ1n) is 12.7. The lowest BCUT2D eigenvalue weighted by Gasteiger charge is -2.44. The van der Waals surface area contributed by atoms with Gasteiger partial charge in [0, 0.05) is 42.1 Å². The first-order chi connectivity index (χ1) is 17.6. The summed E-state index contributed by atoms with van der Waals surface area (Å²) in [7, 11) is 1.27. The van der Waals surface area contributed by atoms with E-state index in [4.69, 9.17) is 0 Å². The highest BCUT2D eigenvalue weighted by atomic mass is 32.2. The molecule has 0 N–H and O–H groups in total. The Kier molecular flexibility index (Phi) is 5.82. The molecule has 6 rings (SSSR count). The van der Waals surface area contributed by atoms with Gasteiger partial charge in [0.2, 0.25) is 11.9 Å². The van der Waals surface area contributed by atoms with Crippen LogP contribution in [0.2, 0.25) is 0 Å². The summed E-state index contributed by atoms with van der Waals surface area (Å²) in [5, 5.41) is 4.04. The summed E-state index contributed by atoms with van der Waals surface area (Å²) >= 11 is 1.73. The largest absolute Gasteiger partial charge is 0.413 e. The van der Waals surface area contributed by atoms with Crippen LogP contribution in [0.1, 0.15) is 67.0 Å². The van der Waals surface area contributed by atoms with Crippen molar-refractivity contribution in [1.29, 1.82) is 0 Å². The SMILES string of the molecule is CN(C(=O)C1CCSCC1)C(c1ccc(C2c3cnc4cc(F)nn4c3C3(C)CCC23)cc1)C(F)(F)F. The van der Waals surface area contributed by atoms with E-state index in [1.165, 1.54) is 25.2 Å². The van der Waals surface area contributed by atoms with Gasteiger partial charge in [0.05, 0.1) is 5.69 Å². The highest BCUT2D eigenvalue weighted by Crippen LogP contribution is 2.63. The number of halogens is 4. The van der Waals surface area contributed by atoms with Gasteiger partial charge >= 0.3 is 6.18 Å². The van der Waals surface area contributed by atoms with Crippen molar-refractivity contribution in [1.82, 2.24) is 19.5 Å². The monoisotopic (exact) mass is 532 g/mol. The van der Waals surface area contributed by atoms with E-state index in [1.54, 1.807) is 34.6 Å². The molecule has 3 aliphatic rings. The van der Waals surface area contributed by atoms with Gasteiger partial charge in [-0.1, -0.05) is 31.2 Å². The lowest BCUT2D eigenvalue weighted by molar-refractivity contribution is -0.190. The second-order valence-electron chi connectivity index (χ2n) is 10.8. The molecule has 0 spiro atoms. The number of aromatic nitrogens is 3. The molecule has 0 radical (unpaired) electrons. The predicted molar refractivity (Wildman–Crippen MR) is 133 cm³/mol. The fourth-order valence-electron chi connectivity index (χ4n) is 6.80. The fourth-order valence-corrected chi connectivity index (χ4v) is 7.90. The zero-order valence-corrected chi connectivity index (χ0v) is 21.4. The van der Waals surface area contributed by atoms with Crippen LogP contribution in [0.3, 0.4) is 0 Å². The van der Waals surface area contributed by atoms with Gasteiger partial charge in [0.1, 0.15) is 0 Å². The molecule has 1 aliphatic heterocycles. The van der Waals surface area contributed by atoms with Gasteiger partial charge < -0.3 is 4.90 Å². The van der Waals surface area contributed by atoms with Gasteiger partial charge in [-0.25, -0.2) is 9.50 Å². The van der Waals surface area contributed by atoms with E-state index in [0.29, 0.717) is 18.5 Å². The van der Waals surface area contributed by atoms with Crippen LogP contribution in [0.25, 0.3) is 5.65 Å². The second kappa shape index (κ2) is 8.71. The zero-order chi connectivity index (χ0) is 26.1. The maximum atomic E-state index is 14.3. The highest BCUT2D eigenvalue weighted by Gasteiger charge is 2.57. The van der Waals surface area contributed by atoms with Crippen molar-refractivity contribution in [2.45, 2.75) is 56.2 Å². The average Bonchev–Trinajstić information content (AvgIpc) is 3.32. The van der Waals surface area contributed by atoms with Crippen molar-refractivity contribution >= 4 is 23.3 Å². The fraction of sp³-hybridized carbons (Fsp3) is 0.519.